The Morgan fingerprint density at radius 3 is 2.67 bits per heavy atom. The lowest BCUT2D eigenvalue weighted by molar-refractivity contribution is -0.134. The van der Waals surface area contributed by atoms with E-state index in [1.54, 1.807) is 0 Å². The Kier molecular flexibility index (Phi) is 4.88. The summed E-state index contributed by atoms with van der Waals surface area (Å²) in [5, 5.41) is 0. The molecule has 2 rings (SSSR count). The first kappa shape index (κ1) is 15.8. The zero-order chi connectivity index (χ0) is 15.5. The van der Waals surface area contributed by atoms with Gasteiger partial charge in [0.1, 0.15) is 0 Å². The molecule has 4 nitrogen and oxygen atoms in total. The van der Waals surface area contributed by atoms with E-state index in [9.17, 15) is 4.79 Å². The number of carbonyl (C=O) groups excluding carboxylic acids is 1. The summed E-state index contributed by atoms with van der Waals surface area (Å²) in [7, 11) is 2.03. The third kappa shape index (κ3) is 3.97. The number of piperidine rings is 1. The number of amides is 1. The molecular weight excluding hydrogens is 262 g/mol. The molecule has 4 heteroatoms. The molecule has 1 heterocycles. The van der Waals surface area contributed by atoms with Crippen LogP contribution in [0.1, 0.15) is 26.7 Å². The second-order valence-electron chi connectivity index (χ2n) is 6.71. The first-order chi connectivity index (χ1) is 9.90. The number of hydrogen-bond donors (Lipinski definition) is 1. The molecule has 1 amide bonds. The molecule has 1 saturated heterocycles. The summed E-state index contributed by atoms with van der Waals surface area (Å²) in [5.41, 5.74) is 7.28. The van der Waals surface area contributed by atoms with Crippen LogP contribution in [-0.2, 0) is 4.79 Å². The third-order valence-electron chi connectivity index (χ3n) is 4.52. The van der Waals surface area contributed by atoms with Gasteiger partial charge in [-0.25, -0.2) is 0 Å². The monoisotopic (exact) mass is 289 g/mol. The Hall–Kier alpha value is -1.55. The van der Waals surface area contributed by atoms with Crippen LogP contribution >= 0.6 is 0 Å². The Labute approximate surface area is 127 Å². The minimum atomic E-state index is 0.0131. The van der Waals surface area contributed by atoms with Crippen molar-refractivity contribution in [2.45, 2.75) is 32.7 Å². The number of benzene rings is 1. The van der Waals surface area contributed by atoms with E-state index < -0.39 is 0 Å². The molecule has 116 valence electrons. The van der Waals surface area contributed by atoms with Gasteiger partial charge in [-0.2, -0.15) is 0 Å². The molecule has 1 aromatic carbocycles. The normalized spacial score (nSPS) is 21.1. The lowest BCUT2D eigenvalue weighted by Crippen LogP contribution is -2.54. The lowest BCUT2D eigenvalue weighted by Gasteiger charge is -2.42. The summed E-state index contributed by atoms with van der Waals surface area (Å²) >= 11 is 0. The maximum atomic E-state index is 12.4. The zero-order valence-electron chi connectivity index (χ0n) is 13.4. The maximum Gasteiger partial charge on any atom is 0.224 e. The number of carbonyl (C=O) groups is 1. The Bertz CT molecular complexity index is 472. The summed E-state index contributed by atoms with van der Waals surface area (Å²) in [6, 6.07) is 10.3. The van der Waals surface area contributed by atoms with Crippen LogP contribution in [0.25, 0.3) is 0 Å². The number of para-hydroxylation sites is 1. The molecule has 0 aromatic heterocycles. The largest absolute Gasteiger partial charge is 0.374 e. The number of anilines is 1. The van der Waals surface area contributed by atoms with Crippen LogP contribution in [0, 0.1) is 5.41 Å². The van der Waals surface area contributed by atoms with Crippen LogP contribution < -0.4 is 10.6 Å². The van der Waals surface area contributed by atoms with Crippen molar-refractivity contribution in [3.8, 4) is 0 Å². The molecule has 0 radical (unpaired) electrons. The van der Waals surface area contributed by atoms with Gasteiger partial charge < -0.3 is 15.5 Å². The van der Waals surface area contributed by atoms with Crippen molar-refractivity contribution in [3.63, 3.8) is 0 Å². The van der Waals surface area contributed by atoms with E-state index >= 15 is 0 Å². The Morgan fingerprint density at radius 1 is 1.38 bits per heavy atom. The van der Waals surface area contributed by atoms with Crippen molar-refractivity contribution in [1.29, 1.82) is 0 Å². The van der Waals surface area contributed by atoms with Crippen LogP contribution in [0.15, 0.2) is 30.3 Å². The van der Waals surface area contributed by atoms with Crippen molar-refractivity contribution >= 4 is 11.6 Å². The van der Waals surface area contributed by atoms with Crippen molar-refractivity contribution < 1.29 is 4.79 Å². The summed E-state index contributed by atoms with van der Waals surface area (Å²) in [4.78, 5) is 16.5. The van der Waals surface area contributed by atoms with Crippen molar-refractivity contribution in [2.75, 3.05) is 31.6 Å². The number of nitrogens with two attached hydrogens (primary N) is 1. The van der Waals surface area contributed by atoms with Gasteiger partial charge in [0, 0.05) is 44.8 Å². The van der Waals surface area contributed by atoms with E-state index in [1.807, 2.05) is 30.1 Å². The molecule has 2 N–H and O–H groups in total. The molecule has 0 spiro atoms. The highest BCUT2D eigenvalue weighted by atomic mass is 16.2. The van der Waals surface area contributed by atoms with Gasteiger partial charge in [0.15, 0.2) is 0 Å². The van der Waals surface area contributed by atoms with E-state index in [1.165, 1.54) is 0 Å². The second-order valence-corrected chi connectivity index (χ2v) is 6.71. The first-order valence-electron chi connectivity index (χ1n) is 7.70. The minimum absolute atomic E-state index is 0.0131. The average molecular weight is 289 g/mol. The molecule has 1 aliphatic rings. The number of rotatable bonds is 4. The molecule has 0 saturated carbocycles. The topological polar surface area (TPSA) is 49.6 Å². The smallest absolute Gasteiger partial charge is 0.224 e. The van der Waals surface area contributed by atoms with Crippen molar-refractivity contribution in [1.82, 2.24) is 4.90 Å². The third-order valence-corrected chi connectivity index (χ3v) is 4.52. The summed E-state index contributed by atoms with van der Waals surface area (Å²) in [6.45, 7) is 6.59. The highest BCUT2D eigenvalue weighted by Crippen LogP contribution is 2.28. The molecule has 1 unspecified atom stereocenters. The fourth-order valence-corrected chi connectivity index (χ4v) is 2.82. The second kappa shape index (κ2) is 6.48. The fourth-order valence-electron chi connectivity index (χ4n) is 2.82. The highest BCUT2D eigenvalue weighted by Gasteiger charge is 2.35. The van der Waals surface area contributed by atoms with Crippen LogP contribution in [0.3, 0.4) is 0 Å². The van der Waals surface area contributed by atoms with Crippen LogP contribution in [-0.4, -0.2) is 43.5 Å². The van der Waals surface area contributed by atoms with Crippen LogP contribution in [0.4, 0.5) is 5.69 Å². The van der Waals surface area contributed by atoms with Gasteiger partial charge in [-0.3, -0.25) is 4.79 Å². The molecule has 0 bridgehead atoms. The van der Waals surface area contributed by atoms with Crippen molar-refractivity contribution in [3.05, 3.63) is 30.3 Å². The fraction of sp³-hybridized carbons (Fsp3) is 0.588. The number of hydrogen-bond acceptors (Lipinski definition) is 3. The van der Waals surface area contributed by atoms with Crippen LogP contribution in [0.5, 0.6) is 0 Å². The summed E-state index contributed by atoms with van der Waals surface area (Å²) < 4.78 is 0. The molecule has 1 atom stereocenters. The highest BCUT2D eigenvalue weighted by molar-refractivity contribution is 5.77. The predicted octanol–water partition coefficient (Wildman–Crippen LogP) is 2.10. The maximum absolute atomic E-state index is 12.4. The van der Waals surface area contributed by atoms with Gasteiger partial charge in [-0.1, -0.05) is 32.0 Å². The molecule has 1 fully saturated rings. The molecule has 1 aromatic rings. The summed E-state index contributed by atoms with van der Waals surface area (Å²) in [5.74, 6) is 0.234. The van der Waals surface area contributed by atoms with Crippen LogP contribution in [0.2, 0.25) is 0 Å². The first-order valence-corrected chi connectivity index (χ1v) is 7.70. The number of likely N-dealkylation sites (tertiary alicyclic amines) is 1. The predicted molar refractivity (Wildman–Crippen MR) is 87.3 cm³/mol. The Balaban J connectivity index is 1.85. The van der Waals surface area contributed by atoms with E-state index in [0.717, 1.165) is 31.7 Å². The Morgan fingerprint density at radius 2 is 2.05 bits per heavy atom. The van der Waals surface area contributed by atoms with E-state index in [0.29, 0.717) is 6.42 Å². The number of nitrogens with zero attached hydrogens (tertiary/aromatic N) is 2. The molecule has 0 aliphatic carbocycles. The molecule has 21 heavy (non-hydrogen) atoms. The quantitative estimate of drug-likeness (QED) is 0.923. The van der Waals surface area contributed by atoms with Gasteiger partial charge in [-0.15, -0.1) is 0 Å². The molecular formula is C17H27N3O. The van der Waals surface area contributed by atoms with E-state index in [-0.39, 0.29) is 17.4 Å². The average Bonchev–Trinajstić information content (AvgIpc) is 2.48. The van der Waals surface area contributed by atoms with E-state index in [4.69, 9.17) is 5.73 Å². The standard InChI is InChI=1S/C17H27N3O/c1-17(2)13-20(12-9-15(17)18)16(21)10-11-19(3)14-7-5-4-6-8-14/h4-8,15H,9-13,18H2,1-3H3. The van der Waals surface area contributed by atoms with Crippen molar-refractivity contribution in [2.24, 2.45) is 11.1 Å². The van der Waals surface area contributed by atoms with Gasteiger partial charge in [0.2, 0.25) is 5.91 Å². The van der Waals surface area contributed by atoms with E-state index in [2.05, 4.69) is 30.9 Å². The van der Waals surface area contributed by atoms with Gasteiger partial charge in [0.25, 0.3) is 0 Å². The minimum Gasteiger partial charge on any atom is -0.374 e. The van der Waals surface area contributed by atoms with Gasteiger partial charge in [0.05, 0.1) is 0 Å². The zero-order valence-corrected chi connectivity index (χ0v) is 13.4. The SMILES string of the molecule is CN(CCC(=O)N1CCC(N)C(C)(C)C1)c1ccccc1. The molecule has 1 aliphatic heterocycles. The van der Waals surface area contributed by atoms with Gasteiger partial charge >= 0.3 is 0 Å². The van der Waals surface area contributed by atoms with Gasteiger partial charge in [-0.05, 0) is 24.0 Å². The summed E-state index contributed by atoms with van der Waals surface area (Å²) in [6.07, 6.45) is 1.45. The lowest BCUT2D eigenvalue weighted by atomic mass is 9.79.